The van der Waals surface area contributed by atoms with Gasteiger partial charge in [-0.25, -0.2) is 4.39 Å². The molecule has 2 N–H and O–H groups in total. The van der Waals surface area contributed by atoms with Crippen LogP contribution < -0.4 is 10.6 Å². The third-order valence-corrected chi connectivity index (χ3v) is 3.94. The zero-order chi connectivity index (χ0) is 17.6. The first-order chi connectivity index (χ1) is 12.1. The van der Waals surface area contributed by atoms with Crippen LogP contribution >= 0.6 is 23.2 Å². The summed E-state index contributed by atoms with van der Waals surface area (Å²) in [5, 5.41) is 14.9. The van der Waals surface area contributed by atoms with Crippen molar-refractivity contribution >= 4 is 40.7 Å². The Hall–Kier alpha value is -2.44. The molecule has 0 atom stereocenters. The number of nitrogens with one attached hydrogen (secondary N) is 2. The molecule has 0 amide bonds. The Morgan fingerprint density at radius 1 is 1.08 bits per heavy atom. The molecule has 128 valence electrons. The van der Waals surface area contributed by atoms with Crippen LogP contribution in [0.15, 0.2) is 48.7 Å². The summed E-state index contributed by atoms with van der Waals surface area (Å²) in [7, 11) is 0. The SMILES string of the molecule is Fc1ccccc1CCNc1cnnc(Nc2ccc(Cl)cc2Cl)n1. The molecule has 8 heteroatoms. The average Bonchev–Trinajstić information content (AvgIpc) is 2.60. The van der Waals surface area contributed by atoms with Crippen molar-refractivity contribution in [2.24, 2.45) is 0 Å². The van der Waals surface area contributed by atoms with E-state index in [-0.39, 0.29) is 5.82 Å². The number of rotatable bonds is 6. The van der Waals surface area contributed by atoms with Gasteiger partial charge in [-0.2, -0.15) is 10.1 Å². The maximum atomic E-state index is 13.6. The molecule has 5 nitrogen and oxygen atoms in total. The lowest BCUT2D eigenvalue weighted by molar-refractivity contribution is 0.610. The minimum Gasteiger partial charge on any atom is -0.368 e. The first-order valence-electron chi connectivity index (χ1n) is 7.51. The van der Waals surface area contributed by atoms with E-state index in [0.717, 1.165) is 0 Å². The van der Waals surface area contributed by atoms with Crippen molar-refractivity contribution in [2.45, 2.75) is 6.42 Å². The van der Waals surface area contributed by atoms with Crippen LogP contribution in [0.5, 0.6) is 0 Å². The molecule has 0 aliphatic heterocycles. The van der Waals surface area contributed by atoms with E-state index in [2.05, 4.69) is 25.8 Å². The molecule has 0 saturated carbocycles. The molecule has 0 bridgehead atoms. The van der Waals surface area contributed by atoms with Gasteiger partial charge >= 0.3 is 0 Å². The molecule has 0 aliphatic rings. The Balaban J connectivity index is 1.62. The highest BCUT2D eigenvalue weighted by Gasteiger charge is 2.06. The van der Waals surface area contributed by atoms with Crippen molar-refractivity contribution in [1.82, 2.24) is 15.2 Å². The molecule has 0 unspecified atom stereocenters. The second-order valence-electron chi connectivity index (χ2n) is 5.18. The number of benzene rings is 2. The van der Waals surface area contributed by atoms with Gasteiger partial charge in [-0.3, -0.25) is 0 Å². The van der Waals surface area contributed by atoms with E-state index in [1.807, 2.05) is 6.07 Å². The van der Waals surface area contributed by atoms with Crippen molar-refractivity contribution in [3.8, 4) is 0 Å². The van der Waals surface area contributed by atoms with Gasteiger partial charge in [0.05, 0.1) is 16.9 Å². The Labute approximate surface area is 154 Å². The van der Waals surface area contributed by atoms with Gasteiger partial charge in [0.25, 0.3) is 0 Å². The van der Waals surface area contributed by atoms with Crippen molar-refractivity contribution in [2.75, 3.05) is 17.2 Å². The number of hydrogen-bond acceptors (Lipinski definition) is 5. The molecule has 0 fully saturated rings. The van der Waals surface area contributed by atoms with Crippen LogP contribution in [0.25, 0.3) is 0 Å². The highest BCUT2D eigenvalue weighted by Crippen LogP contribution is 2.27. The average molecular weight is 378 g/mol. The summed E-state index contributed by atoms with van der Waals surface area (Å²) in [6.07, 6.45) is 2.03. The topological polar surface area (TPSA) is 62.7 Å². The third-order valence-electron chi connectivity index (χ3n) is 3.39. The zero-order valence-corrected chi connectivity index (χ0v) is 14.5. The van der Waals surface area contributed by atoms with E-state index < -0.39 is 0 Å². The number of nitrogens with zero attached hydrogens (tertiary/aromatic N) is 3. The van der Waals surface area contributed by atoms with Crippen LogP contribution in [0.2, 0.25) is 10.0 Å². The van der Waals surface area contributed by atoms with Gasteiger partial charge in [0, 0.05) is 11.6 Å². The molecule has 1 heterocycles. The highest BCUT2D eigenvalue weighted by atomic mass is 35.5. The van der Waals surface area contributed by atoms with Crippen LogP contribution in [0.1, 0.15) is 5.56 Å². The Morgan fingerprint density at radius 2 is 1.92 bits per heavy atom. The molecular weight excluding hydrogens is 364 g/mol. The van der Waals surface area contributed by atoms with Gasteiger partial charge < -0.3 is 10.6 Å². The van der Waals surface area contributed by atoms with E-state index >= 15 is 0 Å². The maximum absolute atomic E-state index is 13.6. The van der Waals surface area contributed by atoms with Gasteiger partial charge in [-0.05, 0) is 36.2 Å². The standard InChI is InChI=1S/C17H14Cl2FN5/c18-12-5-6-15(13(19)9-12)23-17-24-16(10-22-25-17)21-8-7-11-3-1-2-4-14(11)20/h1-6,9-10H,7-8H2,(H2,21,23,24,25). The Bertz CT molecular complexity index is 875. The van der Waals surface area contributed by atoms with Crippen molar-refractivity contribution < 1.29 is 4.39 Å². The molecule has 3 rings (SSSR count). The van der Waals surface area contributed by atoms with Crippen molar-refractivity contribution in [3.05, 3.63) is 70.1 Å². The van der Waals surface area contributed by atoms with Crippen LogP contribution in [-0.2, 0) is 6.42 Å². The lowest BCUT2D eigenvalue weighted by Gasteiger charge is -2.09. The van der Waals surface area contributed by atoms with E-state index in [1.165, 1.54) is 12.3 Å². The lowest BCUT2D eigenvalue weighted by atomic mass is 10.1. The number of halogens is 3. The summed E-state index contributed by atoms with van der Waals surface area (Å²) in [4.78, 5) is 4.30. The summed E-state index contributed by atoms with van der Waals surface area (Å²) < 4.78 is 13.6. The van der Waals surface area contributed by atoms with Crippen LogP contribution in [-0.4, -0.2) is 21.7 Å². The Morgan fingerprint density at radius 3 is 2.72 bits per heavy atom. The van der Waals surface area contributed by atoms with E-state index in [9.17, 15) is 4.39 Å². The second kappa shape index (κ2) is 8.09. The normalized spacial score (nSPS) is 10.5. The molecular formula is C17H14Cl2FN5. The van der Waals surface area contributed by atoms with E-state index in [0.29, 0.717) is 46.0 Å². The molecule has 2 aromatic carbocycles. The number of hydrogen-bond donors (Lipinski definition) is 2. The minimum atomic E-state index is -0.218. The monoisotopic (exact) mass is 377 g/mol. The molecule has 0 radical (unpaired) electrons. The first-order valence-corrected chi connectivity index (χ1v) is 8.26. The summed E-state index contributed by atoms with van der Waals surface area (Å²) in [5.74, 6) is 0.601. The maximum Gasteiger partial charge on any atom is 0.249 e. The zero-order valence-electron chi connectivity index (χ0n) is 13.0. The quantitative estimate of drug-likeness (QED) is 0.650. The largest absolute Gasteiger partial charge is 0.368 e. The first kappa shape index (κ1) is 17.4. The van der Waals surface area contributed by atoms with Gasteiger partial charge in [-0.15, -0.1) is 5.10 Å². The van der Waals surface area contributed by atoms with Crippen LogP contribution in [0.4, 0.5) is 21.8 Å². The van der Waals surface area contributed by atoms with Gasteiger partial charge in [0.1, 0.15) is 5.82 Å². The number of anilines is 3. The molecule has 1 aromatic heterocycles. The second-order valence-corrected chi connectivity index (χ2v) is 6.03. The fourth-order valence-electron chi connectivity index (χ4n) is 2.18. The third kappa shape index (κ3) is 4.78. The molecule has 0 spiro atoms. The predicted octanol–water partition coefficient (Wildman–Crippen LogP) is 4.72. The number of aromatic nitrogens is 3. The summed E-state index contributed by atoms with van der Waals surface area (Å²) in [6, 6.07) is 11.7. The summed E-state index contributed by atoms with van der Waals surface area (Å²) in [6.45, 7) is 0.515. The Kier molecular flexibility index (Phi) is 5.63. The van der Waals surface area contributed by atoms with Crippen LogP contribution in [0.3, 0.4) is 0 Å². The van der Waals surface area contributed by atoms with Gasteiger partial charge in [0.15, 0.2) is 5.82 Å². The fourth-order valence-corrected chi connectivity index (χ4v) is 2.64. The van der Waals surface area contributed by atoms with E-state index in [1.54, 1.807) is 30.3 Å². The smallest absolute Gasteiger partial charge is 0.249 e. The molecule has 0 aliphatic carbocycles. The van der Waals surface area contributed by atoms with Gasteiger partial charge in [0.2, 0.25) is 5.95 Å². The molecule has 0 saturated heterocycles. The molecule has 3 aromatic rings. The summed E-state index contributed by atoms with van der Waals surface area (Å²) >= 11 is 12.0. The van der Waals surface area contributed by atoms with Gasteiger partial charge in [-0.1, -0.05) is 41.4 Å². The fraction of sp³-hybridized carbons (Fsp3) is 0.118. The predicted molar refractivity (Wildman–Crippen MR) is 98.2 cm³/mol. The van der Waals surface area contributed by atoms with Crippen molar-refractivity contribution in [3.63, 3.8) is 0 Å². The van der Waals surface area contributed by atoms with E-state index in [4.69, 9.17) is 23.2 Å². The summed E-state index contributed by atoms with van der Waals surface area (Å²) in [5.41, 5.74) is 1.26. The lowest BCUT2D eigenvalue weighted by Crippen LogP contribution is -2.09. The highest BCUT2D eigenvalue weighted by molar-refractivity contribution is 6.36. The molecule has 25 heavy (non-hydrogen) atoms. The minimum absolute atomic E-state index is 0.218. The van der Waals surface area contributed by atoms with Crippen LogP contribution in [0, 0.1) is 5.82 Å². The van der Waals surface area contributed by atoms with Crippen molar-refractivity contribution in [1.29, 1.82) is 0 Å².